The summed E-state index contributed by atoms with van der Waals surface area (Å²) >= 11 is 4.49. The normalized spacial score (nSPS) is 11.5. The third-order valence-electron chi connectivity index (χ3n) is 0.382. The zero-order valence-electron chi connectivity index (χ0n) is 3.72. The molecule has 0 rings (SSSR count). The van der Waals surface area contributed by atoms with Crippen molar-refractivity contribution in [1.29, 1.82) is 0 Å². The van der Waals surface area contributed by atoms with Gasteiger partial charge in [0.2, 0.25) is 0 Å². The van der Waals surface area contributed by atoms with Crippen molar-refractivity contribution in [1.82, 2.24) is 0 Å². The molecule has 0 unspecified atom stereocenters. The molecular formula is C5H7S. The van der Waals surface area contributed by atoms with Crippen LogP contribution in [0.3, 0.4) is 0 Å². The molecule has 1 radical (unpaired) electrons. The fourth-order valence-electron chi connectivity index (χ4n) is 0.156. The smallest absolute Gasteiger partial charge is 0.00134 e. The lowest BCUT2D eigenvalue weighted by atomic mass is 10.5. The number of hydrogen-bond acceptors (Lipinski definition) is 0. The van der Waals surface area contributed by atoms with Crippen molar-refractivity contribution in [3.63, 3.8) is 0 Å². The summed E-state index contributed by atoms with van der Waals surface area (Å²) in [6.45, 7) is 1.95. The lowest BCUT2D eigenvalue weighted by Crippen LogP contribution is -1.37. The summed E-state index contributed by atoms with van der Waals surface area (Å²) < 4.78 is 0. The van der Waals surface area contributed by atoms with E-state index < -0.39 is 0 Å². The van der Waals surface area contributed by atoms with Crippen molar-refractivity contribution >= 4 is 12.6 Å². The van der Waals surface area contributed by atoms with Crippen LogP contribution in [0, 0.1) is 0 Å². The first-order chi connectivity index (χ1) is 2.91. The molecule has 0 atom stereocenters. The SMILES string of the molecule is CC=CC=C[S]. The molecule has 0 spiro atoms. The number of allylic oxidation sites excluding steroid dienone is 3. The van der Waals surface area contributed by atoms with Gasteiger partial charge >= 0.3 is 0 Å². The van der Waals surface area contributed by atoms with Crippen molar-refractivity contribution in [2.24, 2.45) is 0 Å². The van der Waals surface area contributed by atoms with Crippen LogP contribution in [-0.2, 0) is 0 Å². The quantitative estimate of drug-likeness (QED) is 0.442. The minimum atomic E-state index is 1.58. The largest absolute Gasteiger partial charge is 0.0887 e. The maximum Gasteiger partial charge on any atom is 0.00134 e. The average molecular weight is 99.2 g/mol. The fraction of sp³-hybridized carbons (Fsp3) is 0.200. The zero-order valence-corrected chi connectivity index (χ0v) is 4.53. The molecule has 0 bridgehead atoms. The Labute approximate surface area is 44.0 Å². The van der Waals surface area contributed by atoms with E-state index in [1.807, 2.05) is 25.2 Å². The Morgan fingerprint density at radius 2 is 2.00 bits per heavy atom. The van der Waals surface area contributed by atoms with E-state index in [2.05, 4.69) is 12.6 Å². The van der Waals surface area contributed by atoms with Crippen LogP contribution in [0.2, 0.25) is 0 Å². The molecule has 0 saturated carbocycles. The summed E-state index contributed by atoms with van der Waals surface area (Å²) in [7, 11) is 0. The maximum absolute atomic E-state index is 4.49. The van der Waals surface area contributed by atoms with Gasteiger partial charge in [-0.05, 0) is 6.92 Å². The van der Waals surface area contributed by atoms with Crippen molar-refractivity contribution in [3.05, 3.63) is 23.6 Å². The van der Waals surface area contributed by atoms with E-state index in [1.54, 1.807) is 5.41 Å². The van der Waals surface area contributed by atoms with Gasteiger partial charge in [0.15, 0.2) is 0 Å². The van der Waals surface area contributed by atoms with Gasteiger partial charge in [0.25, 0.3) is 0 Å². The third-order valence-corrected chi connectivity index (χ3v) is 0.539. The highest BCUT2D eigenvalue weighted by Gasteiger charge is 1.50. The second kappa shape index (κ2) is 4.70. The lowest BCUT2D eigenvalue weighted by molar-refractivity contribution is 1.74. The van der Waals surface area contributed by atoms with Crippen LogP contribution in [0.1, 0.15) is 6.92 Å². The van der Waals surface area contributed by atoms with Gasteiger partial charge in [-0.15, -0.1) is 0 Å². The molecule has 1 heteroatoms. The first kappa shape index (κ1) is 5.70. The molecule has 0 nitrogen and oxygen atoms in total. The Kier molecular flexibility index (Phi) is 4.46. The van der Waals surface area contributed by atoms with Crippen molar-refractivity contribution in [3.8, 4) is 0 Å². The van der Waals surface area contributed by atoms with Crippen LogP contribution >= 0.6 is 12.6 Å². The minimum Gasteiger partial charge on any atom is -0.0887 e. The van der Waals surface area contributed by atoms with Crippen LogP contribution in [0.15, 0.2) is 23.6 Å². The summed E-state index contributed by atoms with van der Waals surface area (Å²) in [4.78, 5) is 0. The Bertz CT molecular complexity index is 52.3. The van der Waals surface area contributed by atoms with Gasteiger partial charge in [0.05, 0.1) is 0 Å². The van der Waals surface area contributed by atoms with Crippen molar-refractivity contribution in [2.75, 3.05) is 0 Å². The Morgan fingerprint density at radius 1 is 1.33 bits per heavy atom. The van der Waals surface area contributed by atoms with Gasteiger partial charge in [-0.25, -0.2) is 0 Å². The van der Waals surface area contributed by atoms with Crippen LogP contribution < -0.4 is 0 Å². The van der Waals surface area contributed by atoms with Crippen LogP contribution in [0.25, 0.3) is 0 Å². The Morgan fingerprint density at radius 3 is 2.17 bits per heavy atom. The number of hydrogen-bond donors (Lipinski definition) is 0. The molecule has 6 heavy (non-hydrogen) atoms. The highest BCUT2D eigenvalue weighted by Crippen LogP contribution is 1.77. The molecular weight excluding hydrogens is 92.1 g/mol. The first-order valence-electron chi connectivity index (χ1n) is 1.81. The van der Waals surface area contributed by atoms with Gasteiger partial charge in [-0.3, -0.25) is 0 Å². The van der Waals surface area contributed by atoms with E-state index in [4.69, 9.17) is 0 Å². The maximum atomic E-state index is 4.49. The second-order valence-electron chi connectivity index (χ2n) is 0.854. The molecule has 0 aromatic heterocycles. The number of rotatable bonds is 1. The summed E-state index contributed by atoms with van der Waals surface area (Å²) in [6.07, 6.45) is 5.64. The third kappa shape index (κ3) is 3.70. The Hall–Kier alpha value is -0.300. The molecule has 0 aliphatic heterocycles. The second-order valence-corrected chi connectivity index (χ2v) is 1.13. The summed E-state index contributed by atoms with van der Waals surface area (Å²) in [6, 6.07) is 0. The van der Waals surface area contributed by atoms with E-state index in [-0.39, 0.29) is 0 Å². The van der Waals surface area contributed by atoms with Gasteiger partial charge in [-0.1, -0.05) is 30.9 Å². The molecule has 33 valence electrons. The summed E-state index contributed by atoms with van der Waals surface area (Å²) in [5, 5.41) is 1.58. The molecule has 0 aliphatic rings. The van der Waals surface area contributed by atoms with Gasteiger partial charge < -0.3 is 0 Å². The van der Waals surface area contributed by atoms with Crippen LogP contribution in [0.5, 0.6) is 0 Å². The zero-order chi connectivity index (χ0) is 4.83. The average Bonchev–Trinajstić information content (AvgIpc) is 1.61. The monoisotopic (exact) mass is 99.0 g/mol. The van der Waals surface area contributed by atoms with Crippen LogP contribution in [0.4, 0.5) is 0 Å². The molecule has 0 aromatic carbocycles. The predicted octanol–water partition coefficient (Wildman–Crippen LogP) is 2.27. The van der Waals surface area contributed by atoms with E-state index in [9.17, 15) is 0 Å². The summed E-state index contributed by atoms with van der Waals surface area (Å²) in [5.74, 6) is 0. The fourth-order valence-corrected chi connectivity index (χ4v) is 0.247. The van der Waals surface area contributed by atoms with Gasteiger partial charge in [0, 0.05) is 5.41 Å². The van der Waals surface area contributed by atoms with E-state index >= 15 is 0 Å². The lowest BCUT2D eigenvalue weighted by Gasteiger charge is -1.61. The van der Waals surface area contributed by atoms with Gasteiger partial charge in [0.1, 0.15) is 0 Å². The first-order valence-corrected chi connectivity index (χ1v) is 2.28. The molecule has 0 fully saturated rings. The summed E-state index contributed by atoms with van der Waals surface area (Å²) in [5.41, 5.74) is 0. The highest BCUT2D eigenvalue weighted by atomic mass is 32.1. The van der Waals surface area contributed by atoms with E-state index in [0.717, 1.165) is 0 Å². The molecule has 0 N–H and O–H groups in total. The molecule has 0 aliphatic carbocycles. The van der Waals surface area contributed by atoms with E-state index in [1.165, 1.54) is 0 Å². The molecule has 0 aromatic rings. The molecule has 0 heterocycles. The Balaban J connectivity index is 3.07. The minimum absolute atomic E-state index is 1.58. The van der Waals surface area contributed by atoms with Gasteiger partial charge in [-0.2, -0.15) is 0 Å². The predicted molar refractivity (Wildman–Crippen MR) is 31.5 cm³/mol. The molecule has 0 amide bonds. The van der Waals surface area contributed by atoms with Crippen molar-refractivity contribution in [2.45, 2.75) is 6.92 Å². The molecule has 0 saturated heterocycles. The van der Waals surface area contributed by atoms with Crippen LogP contribution in [-0.4, -0.2) is 0 Å². The van der Waals surface area contributed by atoms with Crippen molar-refractivity contribution < 1.29 is 0 Å². The van der Waals surface area contributed by atoms with E-state index in [0.29, 0.717) is 0 Å². The highest BCUT2D eigenvalue weighted by molar-refractivity contribution is 7.83. The standard InChI is InChI=1S/C5H7S/c1-2-3-4-5-6/h2-5H,1H3. The topological polar surface area (TPSA) is 0 Å².